The summed E-state index contributed by atoms with van der Waals surface area (Å²) in [6, 6.07) is 7.20. The van der Waals surface area contributed by atoms with Crippen molar-refractivity contribution in [1.29, 1.82) is 0 Å². The minimum absolute atomic E-state index is 0.0494. The van der Waals surface area contributed by atoms with Gasteiger partial charge in [0.25, 0.3) is 0 Å². The fourth-order valence-electron chi connectivity index (χ4n) is 2.23. The molecule has 1 aliphatic rings. The van der Waals surface area contributed by atoms with E-state index in [-0.39, 0.29) is 18.4 Å². The van der Waals surface area contributed by atoms with Gasteiger partial charge >= 0.3 is 0 Å². The Morgan fingerprint density at radius 2 is 2.26 bits per heavy atom. The third-order valence-electron chi connectivity index (χ3n) is 3.24. The van der Waals surface area contributed by atoms with Crippen molar-refractivity contribution in [3.8, 4) is 5.75 Å². The number of aliphatic hydroxyl groups is 1. The second-order valence-corrected chi connectivity index (χ2v) is 4.51. The van der Waals surface area contributed by atoms with Crippen LogP contribution in [0.1, 0.15) is 35.7 Å². The van der Waals surface area contributed by atoms with Crippen LogP contribution in [0.3, 0.4) is 0 Å². The van der Waals surface area contributed by atoms with E-state index in [4.69, 9.17) is 20.1 Å². The highest BCUT2D eigenvalue weighted by atomic mass is 16.5. The maximum Gasteiger partial charge on any atom is 0.245 e. The molecule has 0 fully saturated rings. The molecule has 2 atom stereocenters. The molecule has 0 saturated heterocycles. The van der Waals surface area contributed by atoms with Gasteiger partial charge in [-0.1, -0.05) is 23.4 Å². The molecule has 0 aliphatic carbocycles. The number of nitrogens with two attached hydrogens (primary N) is 1. The Morgan fingerprint density at radius 3 is 3.11 bits per heavy atom. The molecule has 0 amide bonds. The van der Waals surface area contributed by atoms with Crippen molar-refractivity contribution in [2.75, 3.05) is 13.2 Å². The molecule has 19 heavy (non-hydrogen) atoms. The summed E-state index contributed by atoms with van der Waals surface area (Å²) >= 11 is 0. The molecule has 2 heterocycles. The van der Waals surface area contributed by atoms with Crippen molar-refractivity contribution in [2.24, 2.45) is 5.73 Å². The van der Waals surface area contributed by atoms with Crippen molar-refractivity contribution in [1.82, 2.24) is 10.1 Å². The lowest BCUT2D eigenvalue weighted by molar-refractivity contribution is 0.236. The van der Waals surface area contributed by atoms with Crippen LogP contribution >= 0.6 is 0 Å². The van der Waals surface area contributed by atoms with Gasteiger partial charge in [0.1, 0.15) is 11.8 Å². The van der Waals surface area contributed by atoms with Gasteiger partial charge in [0, 0.05) is 5.56 Å². The fourth-order valence-corrected chi connectivity index (χ4v) is 2.23. The highest BCUT2D eigenvalue weighted by molar-refractivity contribution is 5.40. The third-order valence-corrected chi connectivity index (χ3v) is 3.24. The van der Waals surface area contributed by atoms with Crippen LogP contribution in [-0.2, 0) is 0 Å². The predicted molar refractivity (Wildman–Crippen MR) is 66.7 cm³/mol. The number of aliphatic hydroxyl groups excluding tert-OH is 1. The second-order valence-electron chi connectivity index (χ2n) is 4.51. The van der Waals surface area contributed by atoms with E-state index >= 15 is 0 Å². The van der Waals surface area contributed by atoms with Gasteiger partial charge in [-0.3, -0.25) is 0 Å². The van der Waals surface area contributed by atoms with Gasteiger partial charge in [-0.15, -0.1) is 0 Å². The highest BCUT2D eigenvalue weighted by Gasteiger charge is 2.27. The van der Waals surface area contributed by atoms with Crippen LogP contribution in [0.5, 0.6) is 5.75 Å². The molecule has 1 aromatic heterocycles. The number of fused-ring (bicyclic) bond motifs is 1. The van der Waals surface area contributed by atoms with E-state index in [2.05, 4.69) is 10.1 Å². The molecule has 100 valence electrons. The Labute approximate surface area is 110 Å². The van der Waals surface area contributed by atoms with Crippen LogP contribution in [0.15, 0.2) is 28.8 Å². The van der Waals surface area contributed by atoms with E-state index in [9.17, 15) is 0 Å². The molecule has 3 rings (SSSR count). The van der Waals surface area contributed by atoms with Crippen molar-refractivity contribution in [2.45, 2.75) is 18.4 Å². The van der Waals surface area contributed by atoms with Gasteiger partial charge in [-0.25, -0.2) is 0 Å². The van der Waals surface area contributed by atoms with E-state index in [1.54, 1.807) is 0 Å². The summed E-state index contributed by atoms with van der Waals surface area (Å²) in [6.45, 7) is 0.406. The Hall–Kier alpha value is -1.92. The average Bonchev–Trinajstić information content (AvgIpc) is 2.95. The lowest BCUT2D eigenvalue weighted by Gasteiger charge is -2.23. The van der Waals surface area contributed by atoms with Gasteiger partial charge in [0.2, 0.25) is 5.89 Å². The first kappa shape index (κ1) is 12.1. The lowest BCUT2D eigenvalue weighted by atomic mass is 9.92. The van der Waals surface area contributed by atoms with Crippen molar-refractivity contribution in [3.05, 3.63) is 41.5 Å². The zero-order valence-corrected chi connectivity index (χ0v) is 10.3. The summed E-state index contributed by atoms with van der Waals surface area (Å²) < 4.78 is 10.7. The van der Waals surface area contributed by atoms with Crippen LogP contribution in [-0.4, -0.2) is 28.5 Å². The number of rotatable bonds is 3. The SMILES string of the molecule is N[C@H](CO)c1nc(C2CCOc3ccccc32)no1. The maximum atomic E-state index is 8.99. The number of aromatic nitrogens is 2. The number of benzene rings is 1. The summed E-state index contributed by atoms with van der Waals surface area (Å²) in [5.41, 5.74) is 6.72. The largest absolute Gasteiger partial charge is 0.493 e. The Kier molecular flexibility index (Phi) is 3.18. The van der Waals surface area contributed by atoms with Crippen molar-refractivity contribution < 1.29 is 14.4 Å². The van der Waals surface area contributed by atoms with Gasteiger partial charge < -0.3 is 20.1 Å². The van der Waals surface area contributed by atoms with Crippen LogP contribution in [0, 0.1) is 0 Å². The Bertz CT molecular complexity index is 570. The summed E-state index contributed by atoms with van der Waals surface area (Å²) in [6.07, 6.45) is 0.796. The monoisotopic (exact) mass is 261 g/mol. The van der Waals surface area contributed by atoms with Crippen molar-refractivity contribution in [3.63, 3.8) is 0 Å². The molecule has 1 aromatic carbocycles. The normalized spacial score (nSPS) is 19.6. The first-order valence-corrected chi connectivity index (χ1v) is 6.21. The summed E-state index contributed by atoms with van der Waals surface area (Å²) in [7, 11) is 0. The molecule has 6 heteroatoms. The lowest BCUT2D eigenvalue weighted by Crippen LogP contribution is -2.17. The van der Waals surface area contributed by atoms with E-state index in [1.165, 1.54) is 0 Å². The van der Waals surface area contributed by atoms with Gasteiger partial charge in [0.15, 0.2) is 5.82 Å². The van der Waals surface area contributed by atoms with Crippen molar-refractivity contribution >= 4 is 0 Å². The predicted octanol–water partition coefficient (Wildman–Crippen LogP) is 0.976. The van der Waals surface area contributed by atoms with Crippen LogP contribution < -0.4 is 10.5 Å². The molecule has 2 aromatic rings. The summed E-state index contributed by atoms with van der Waals surface area (Å²) in [5.74, 6) is 1.76. The number of nitrogens with zero attached hydrogens (tertiary/aromatic N) is 2. The first-order valence-electron chi connectivity index (χ1n) is 6.21. The molecule has 6 nitrogen and oxygen atoms in total. The quantitative estimate of drug-likeness (QED) is 0.855. The fraction of sp³-hybridized carbons (Fsp3) is 0.385. The third kappa shape index (κ3) is 2.20. The van der Waals surface area contributed by atoms with E-state index < -0.39 is 6.04 Å². The van der Waals surface area contributed by atoms with Crippen LogP contribution in [0.4, 0.5) is 0 Å². The Morgan fingerprint density at radius 1 is 1.42 bits per heavy atom. The molecule has 0 saturated carbocycles. The van der Waals surface area contributed by atoms with Crippen LogP contribution in [0.2, 0.25) is 0 Å². The molecule has 1 unspecified atom stereocenters. The maximum absolute atomic E-state index is 8.99. The molecule has 0 bridgehead atoms. The van der Waals surface area contributed by atoms with Crippen LogP contribution in [0.25, 0.3) is 0 Å². The minimum Gasteiger partial charge on any atom is -0.493 e. The minimum atomic E-state index is -0.628. The zero-order valence-electron chi connectivity index (χ0n) is 10.3. The number of hydrogen-bond acceptors (Lipinski definition) is 6. The molecule has 0 spiro atoms. The summed E-state index contributed by atoms with van der Waals surface area (Å²) in [5, 5.41) is 13.0. The van der Waals surface area contributed by atoms with E-state index in [0.717, 1.165) is 17.7 Å². The topological polar surface area (TPSA) is 94.4 Å². The molecule has 1 aliphatic heterocycles. The molecular weight excluding hydrogens is 246 g/mol. The molecule has 3 N–H and O–H groups in total. The molecular formula is C13H15N3O3. The molecule has 0 radical (unpaired) electrons. The van der Waals surface area contributed by atoms with Gasteiger partial charge in [0.05, 0.1) is 19.1 Å². The number of hydrogen-bond donors (Lipinski definition) is 2. The summed E-state index contributed by atoms with van der Waals surface area (Å²) in [4.78, 5) is 4.29. The van der Waals surface area contributed by atoms with Gasteiger partial charge in [-0.2, -0.15) is 4.98 Å². The van der Waals surface area contributed by atoms with E-state index in [0.29, 0.717) is 12.4 Å². The standard InChI is InChI=1S/C13H15N3O3/c14-10(7-17)13-15-12(16-19-13)9-5-6-18-11-4-2-1-3-8(9)11/h1-4,9-10,17H,5-7,14H2/t9?,10-/m1/s1. The van der Waals surface area contributed by atoms with E-state index in [1.807, 2.05) is 24.3 Å². The Balaban J connectivity index is 1.93. The number of ether oxygens (including phenoxy) is 1. The first-order chi connectivity index (χ1) is 9.29. The number of para-hydroxylation sites is 1. The highest BCUT2D eigenvalue weighted by Crippen LogP contribution is 2.36. The smallest absolute Gasteiger partial charge is 0.245 e. The second kappa shape index (κ2) is 4.99. The van der Waals surface area contributed by atoms with Gasteiger partial charge in [-0.05, 0) is 12.5 Å². The average molecular weight is 261 g/mol. The zero-order chi connectivity index (χ0) is 13.2.